The molecule has 0 atom stereocenters. The molecule has 2 aromatic heterocycles. The van der Waals surface area contributed by atoms with Crippen molar-refractivity contribution in [3.63, 3.8) is 0 Å². The van der Waals surface area contributed by atoms with Crippen LogP contribution in [0, 0.1) is 0 Å². The molecule has 30 heavy (non-hydrogen) atoms. The molecule has 3 aromatic rings. The standard InChI is InChI=1S/C23H28N4O2S/c1-26(14-16-6-8-17(28-2)9-7-16)22-21-18-4-3-5-19(18)30-23(21)25-20(24-22)15-27-10-12-29-13-11-27/h6-9H,3-5,10-15H2,1-2H3/p+1. The SMILES string of the molecule is COc1ccc(CN(C)c2nc(C[NH+]3CCOCC3)nc3sc4c(c23)CCC4)cc1. The van der Waals surface area contributed by atoms with Crippen LogP contribution >= 0.6 is 11.3 Å². The molecule has 0 spiro atoms. The number of ether oxygens (including phenoxy) is 2. The van der Waals surface area contributed by atoms with E-state index in [0.717, 1.165) is 68.0 Å². The third-order valence-electron chi connectivity index (χ3n) is 6.14. The zero-order valence-electron chi connectivity index (χ0n) is 17.7. The van der Waals surface area contributed by atoms with Crippen molar-refractivity contribution >= 4 is 27.4 Å². The largest absolute Gasteiger partial charge is 0.497 e. The van der Waals surface area contributed by atoms with E-state index in [2.05, 4.69) is 24.1 Å². The van der Waals surface area contributed by atoms with Crippen molar-refractivity contribution in [1.82, 2.24) is 9.97 Å². The first-order chi connectivity index (χ1) is 14.7. The summed E-state index contributed by atoms with van der Waals surface area (Å²) < 4.78 is 10.8. The molecule has 7 heteroatoms. The van der Waals surface area contributed by atoms with E-state index in [4.69, 9.17) is 19.4 Å². The summed E-state index contributed by atoms with van der Waals surface area (Å²) in [5.41, 5.74) is 2.73. The predicted molar refractivity (Wildman–Crippen MR) is 120 cm³/mol. The van der Waals surface area contributed by atoms with E-state index in [-0.39, 0.29) is 0 Å². The van der Waals surface area contributed by atoms with Crippen molar-refractivity contribution < 1.29 is 14.4 Å². The van der Waals surface area contributed by atoms with Crippen molar-refractivity contribution in [2.24, 2.45) is 0 Å². The smallest absolute Gasteiger partial charge is 0.187 e. The highest BCUT2D eigenvalue weighted by atomic mass is 32.1. The molecule has 1 aliphatic heterocycles. The van der Waals surface area contributed by atoms with Crippen LogP contribution in [-0.4, -0.2) is 50.4 Å². The lowest BCUT2D eigenvalue weighted by atomic mass is 10.1. The molecule has 6 nitrogen and oxygen atoms in total. The molecule has 1 N–H and O–H groups in total. The fourth-order valence-corrected chi connectivity index (χ4v) is 5.79. The Morgan fingerprint density at radius 2 is 1.93 bits per heavy atom. The van der Waals surface area contributed by atoms with Crippen LogP contribution < -0.4 is 14.5 Å². The van der Waals surface area contributed by atoms with E-state index >= 15 is 0 Å². The van der Waals surface area contributed by atoms with E-state index in [1.807, 2.05) is 23.5 Å². The van der Waals surface area contributed by atoms with Gasteiger partial charge in [0.1, 0.15) is 36.0 Å². The van der Waals surface area contributed by atoms with E-state index in [1.54, 1.807) is 7.11 Å². The minimum Gasteiger partial charge on any atom is -0.497 e. The molecule has 0 bridgehead atoms. The summed E-state index contributed by atoms with van der Waals surface area (Å²) in [6.07, 6.45) is 3.58. The topological polar surface area (TPSA) is 51.9 Å². The second kappa shape index (κ2) is 8.49. The van der Waals surface area contributed by atoms with Gasteiger partial charge >= 0.3 is 0 Å². The van der Waals surface area contributed by atoms with Crippen LogP contribution in [0.15, 0.2) is 24.3 Å². The van der Waals surface area contributed by atoms with Gasteiger partial charge in [0, 0.05) is 18.5 Å². The number of hydrogen-bond acceptors (Lipinski definition) is 6. The number of anilines is 1. The third kappa shape index (κ3) is 3.89. The molecule has 0 radical (unpaired) electrons. The number of nitrogens with zero attached hydrogens (tertiary/aromatic N) is 3. The van der Waals surface area contributed by atoms with Gasteiger partial charge in [-0.3, -0.25) is 0 Å². The Balaban J connectivity index is 1.48. The summed E-state index contributed by atoms with van der Waals surface area (Å²) in [6, 6.07) is 8.30. The molecule has 1 aliphatic carbocycles. The van der Waals surface area contributed by atoms with Crippen molar-refractivity contribution in [3.8, 4) is 5.75 Å². The van der Waals surface area contributed by atoms with Crippen molar-refractivity contribution in [1.29, 1.82) is 0 Å². The van der Waals surface area contributed by atoms with Gasteiger partial charge in [0.05, 0.1) is 25.7 Å². The van der Waals surface area contributed by atoms with Crippen LogP contribution in [0.2, 0.25) is 0 Å². The van der Waals surface area contributed by atoms with Crippen LogP contribution in [0.3, 0.4) is 0 Å². The lowest BCUT2D eigenvalue weighted by Crippen LogP contribution is -3.12. The Morgan fingerprint density at radius 1 is 1.13 bits per heavy atom. The molecule has 0 amide bonds. The first-order valence-electron chi connectivity index (χ1n) is 10.8. The highest BCUT2D eigenvalue weighted by Crippen LogP contribution is 2.40. The molecule has 5 rings (SSSR count). The van der Waals surface area contributed by atoms with E-state index in [0.29, 0.717) is 0 Å². The van der Waals surface area contributed by atoms with Gasteiger partial charge in [-0.05, 0) is 42.5 Å². The molecule has 3 heterocycles. The van der Waals surface area contributed by atoms with Gasteiger partial charge in [0.15, 0.2) is 5.82 Å². The summed E-state index contributed by atoms with van der Waals surface area (Å²) in [5, 5.41) is 1.28. The Morgan fingerprint density at radius 3 is 2.70 bits per heavy atom. The molecule has 2 aliphatic rings. The molecular weight excluding hydrogens is 396 g/mol. The second-order valence-corrected chi connectivity index (χ2v) is 9.33. The number of hydrogen-bond donors (Lipinski definition) is 1. The number of aryl methyl sites for hydroxylation is 2. The molecule has 1 fully saturated rings. The fourth-order valence-electron chi connectivity index (χ4n) is 4.51. The average molecular weight is 426 g/mol. The average Bonchev–Trinajstić information content (AvgIpc) is 3.35. The predicted octanol–water partition coefficient (Wildman–Crippen LogP) is 2.24. The monoisotopic (exact) mass is 425 g/mol. The van der Waals surface area contributed by atoms with Gasteiger partial charge in [-0.2, -0.15) is 0 Å². The fraction of sp³-hybridized carbons (Fsp3) is 0.478. The summed E-state index contributed by atoms with van der Waals surface area (Å²) in [5.74, 6) is 2.92. The lowest BCUT2D eigenvalue weighted by Gasteiger charge is -2.24. The maximum atomic E-state index is 5.52. The Bertz CT molecular complexity index is 1030. The van der Waals surface area contributed by atoms with Gasteiger partial charge in [-0.25, -0.2) is 9.97 Å². The maximum absolute atomic E-state index is 5.52. The van der Waals surface area contributed by atoms with Crippen LogP contribution in [0.1, 0.15) is 28.2 Å². The number of fused-ring (bicyclic) bond motifs is 3. The first kappa shape index (κ1) is 19.7. The zero-order valence-corrected chi connectivity index (χ0v) is 18.6. The highest BCUT2D eigenvalue weighted by molar-refractivity contribution is 7.19. The zero-order chi connectivity index (χ0) is 20.5. The lowest BCUT2D eigenvalue weighted by molar-refractivity contribution is -0.922. The van der Waals surface area contributed by atoms with Gasteiger partial charge in [0.2, 0.25) is 0 Å². The van der Waals surface area contributed by atoms with Gasteiger partial charge in [-0.15, -0.1) is 11.3 Å². The minimum absolute atomic E-state index is 0.810. The van der Waals surface area contributed by atoms with Gasteiger partial charge in [0.25, 0.3) is 0 Å². The third-order valence-corrected chi connectivity index (χ3v) is 7.33. The van der Waals surface area contributed by atoms with Gasteiger partial charge < -0.3 is 19.3 Å². The van der Waals surface area contributed by atoms with Crippen LogP contribution in [0.5, 0.6) is 5.75 Å². The van der Waals surface area contributed by atoms with Crippen molar-refractivity contribution in [2.75, 3.05) is 45.4 Å². The molecule has 1 saturated heterocycles. The summed E-state index contributed by atoms with van der Waals surface area (Å²) in [6.45, 7) is 5.39. The normalized spacial score (nSPS) is 16.7. The number of benzene rings is 1. The molecule has 0 saturated carbocycles. The first-order valence-corrected chi connectivity index (χ1v) is 11.6. The summed E-state index contributed by atoms with van der Waals surface area (Å²) in [7, 11) is 3.85. The molecule has 158 valence electrons. The molecular formula is C23H29N4O2S+. The number of quaternary nitrogens is 1. The van der Waals surface area contributed by atoms with E-state index in [1.165, 1.54) is 39.1 Å². The number of morpholine rings is 1. The Labute approximate surface area is 181 Å². The Hall–Kier alpha value is -2.22. The van der Waals surface area contributed by atoms with Gasteiger partial charge in [-0.1, -0.05) is 12.1 Å². The van der Waals surface area contributed by atoms with Crippen LogP contribution in [0.25, 0.3) is 10.2 Å². The summed E-state index contributed by atoms with van der Waals surface area (Å²) in [4.78, 5) is 16.6. The molecule has 1 aromatic carbocycles. The highest BCUT2D eigenvalue weighted by Gasteiger charge is 2.25. The Kier molecular flexibility index (Phi) is 5.58. The van der Waals surface area contributed by atoms with Crippen LogP contribution in [0.4, 0.5) is 5.82 Å². The summed E-state index contributed by atoms with van der Waals surface area (Å²) >= 11 is 1.88. The molecule has 0 unspecified atom stereocenters. The van der Waals surface area contributed by atoms with Crippen LogP contribution in [-0.2, 0) is 30.7 Å². The number of rotatable bonds is 6. The number of aromatic nitrogens is 2. The van der Waals surface area contributed by atoms with E-state index in [9.17, 15) is 0 Å². The number of thiophene rings is 1. The van der Waals surface area contributed by atoms with Crippen molar-refractivity contribution in [3.05, 3.63) is 46.1 Å². The number of methoxy groups -OCH3 is 1. The maximum Gasteiger partial charge on any atom is 0.187 e. The minimum atomic E-state index is 0.810. The van der Waals surface area contributed by atoms with E-state index < -0.39 is 0 Å². The quantitative estimate of drug-likeness (QED) is 0.657. The van der Waals surface area contributed by atoms with Crippen molar-refractivity contribution in [2.45, 2.75) is 32.4 Å². The second-order valence-electron chi connectivity index (χ2n) is 8.24. The number of nitrogens with one attached hydrogen (secondary N) is 1.